The van der Waals surface area contributed by atoms with Crippen LogP contribution in [0.2, 0.25) is 0 Å². The van der Waals surface area contributed by atoms with Gasteiger partial charge in [0.25, 0.3) is 0 Å². The lowest BCUT2D eigenvalue weighted by Gasteiger charge is -2.06. The summed E-state index contributed by atoms with van der Waals surface area (Å²) in [6.07, 6.45) is 5.38. The van der Waals surface area contributed by atoms with Crippen molar-refractivity contribution in [3.05, 3.63) is 77.4 Å². The molecule has 1 aliphatic rings. The molecule has 3 rings (SSSR count). The van der Waals surface area contributed by atoms with Gasteiger partial charge in [0.15, 0.2) is 0 Å². The predicted octanol–water partition coefficient (Wildman–Crippen LogP) is 5.09. The molecule has 0 aromatic heterocycles. The molecule has 0 fully saturated rings. The average Bonchev–Trinajstić information content (AvgIpc) is 2.98. The van der Waals surface area contributed by atoms with Crippen LogP contribution in [0, 0.1) is 5.92 Å². The lowest BCUT2D eigenvalue weighted by atomic mass is 9.99. The fourth-order valence-electron chi connectivity index (χ4n) is 2.72. The van der Waals surface area contributed by atoms with E-state index in [4.69, 9.17) is 0 Å². The van der Waals surface area contributed by atoms with Gasteiger partial charge in [0.05, 0.1) is 6.04 Å². The van der Waals surface area contributed by atoms with Crippen molar-refractivity contribution in [3.8, 4) is 0 Å². The molecule has 1 aliphatic heterocycles. The van der Waals surface area contributed by atoms with E-state index < -0.39 is 0 Å². The van der Waals surface area contributed by atoms with Crippen molar-refractivity contribution < 1.29 is 0 Å². The van der Waals surface area contributed by atoms with Gasteiger partial charge in [0.2, 0.25) is 0 Å². The number of hydrogen-bond donors (Lipinski definition) is 0. The van der Waals surface area contributed by atoms with E-state index >= 15 is 0 Å². The van der Waals surface area contributed by atoms with E-state index in [9.17, 15) is 0 Å². The standard InChI is InChI=1S/C20H21N/c1-15(2)12-16-8-10-17(11-9-16)19-13-20(21-14-19)18-6-4-3-5-7-18/h3-11,13-15,20H,12H2,1-2H3. The van der Waals surface area contributed by atoms with Gasteiger partial charge in [-0.1, -0.05) is 68.4 Å². The summed E-state index contributed by atoms with van der Waals surface area (Å²) < 4.78 is 0. The first-order chi connectivity index (χ1) is 10.2. The zero-order valence-electron chi connectivity index (χ0n) is 12.7. The molecule has 0 spiro atoms. The highest BCUT2D eigenvalue weighted by Gasteiger charge is 2.13. The zero-order chi connectivity index (χ0) is 14.7. The Labute approximate surface area is 127 Å². The maximum atomic E-state index is 4.62. The summed E-state index contributed by atoms with van der Waals surface area (Å²) >= 11 is 0. The molecule has 1 unspecified atom stereocenters. The smallest absolute Gasteiger partial charge is 0.0940 e. The summed E-state index contributed by atoms with van der Waals surface area (Å²) in [7, 11) is 0. The number of rotatable bonds is 4. The minimum Gasteiger partial charge on any atom is -0.280 e. The Bertz CT molecular complexity index is 648. The molecule has 0 saturated heterocycles. The molecular formula is C20H21N. The van der Waals surface area contributed by atoms with Crippen LogP contribution in [-0.4, -0.2) is 6.21 Å². The SMILES string of the molecule is CC(C)Cc1ccc(C2=CC(c3ccccc3)N=C2)cc1. The summed E-state index contributed by atoms with van der Waals surface area (Å²) in [4.78, 5) is 4.62. The molecule has 106 valence electrons. The van der Waals surface area contributed by atoms with E-state index in [2.05, 4.69) is 73.4 Å². The van der Waals surface area contributed by atoms with Crippen molar-refractivity contribution in [1.29, 1.82) is 0 Å². The number of hydrogen-bond acceptors (Lipinski definition) is 1. The Morgan fingerprint density at radius 2 is 1.67 bits per heavy atom. The molecule has 0 saturated carbocycles. The van der Waals surface area contributed by atoms with Gasteiger partial charge in [0, 0.05) is 6.21 Å². The van der Waals surface area contributed by atoms with Gasteiger partial charge in [-0.2, -0.15) is 0 Å². The molecule has 1 nitrogen and oxygen atoms in total. The molecule has 0 amide bonds. The molecule has 0 radical (unpaired) electrons. The summed E-state index contributed by atoms with van der Waals surface area (Å²) in [6.45, 7) is 4.51. The molecule has 1 heteroatoms. The van der Waals surface area contributed by atoms with E-state index in [0.29, 0.717) is 5.92 Å². The van der Waals surface area contributed by atoms with E-state index in [0.717, 1.165) is 6.42 Å². The van der Waals surface area contributed by atoms with Crippen LogP contribution in [0.1, 0.15) is 36.6 Å². The monoisotopic (exact) mass is 275 g/mol. The summed E-state index contributed by atoms with van der Waals surface area (Å²) in [5.41, 5.74) is 5.13. The van der Waals surface area contributed by atoms with Crippen molar-refractivity contribution in [2.24, 2.45) is 10.9 Å². The molecule has 1 atom stereocenters. The Balaban J connectivity index is 1.78. The number of benzene rings is 2. The van der Waals surface area contributed by atoms with Gasteiger partial charge in [-0.05, 0) is 40.7 Å². The molecule has 0 bridgehead atoms. The van der Waals surface area contributed by atoms with Gasteiger partial charge < -0.3 is 0 Å². The molecule has 2 aromatic carbocycles. The highest BCUT2D eigenvalue weighted by atomic mass is 14.8. The second kappa shape index (κ2) is 6.09. The Kier molecular flexibility index (Phi) is 4.01. The molecule has 2 aromatic rings. The summed E-state index contributed by atoms with van der Waals surface area (Å²) in [6, 6.07) is 19.5. The van der Waals surface area contributed by atoms with E-state index in [1.54, 1.807) is 0 Å². The minimum absolute atomic E-state index is 0.163. The first-order valence-corrected chi connectivity index (χ1v) is 7.61. The zero-order valence-corrected chi connectivity index (χ0v) is 12.7. The fraction of sp³-hybridized carbons (Fsp3) is 0.250. The van der Waals surface area contributed by atoms with Crippen LogP contribution in [0.4, 0.5) is 0 Å². The van der Waals surface area contributed by atoms with Crippen LogP contribution >= 0.6 is 0 Å². The number of aliphatic imine (C=N–C) groups is 1. The van der Waals surface area contributed by atoms with Gasteiger partial charge in [-0.25, -0.2) is 0 Å². The third kappa shape index (κ3) is 3.30. The lowest BCUT2D eigenvalue weighted by molar-refractivity contribution is 0.647. The normalized spacial score (nSPS) is 17.3. The van der Waals surface area contributed by atoms with Crippen LogP contribution < -0.4 is 0 Å². The Morgan fingerprint density at radius 3 is 2.33 bits per heavy atom. The van der Waals surface area contributed by atoms with Crippen molar-refractivity contribution >= 4 is 11.8 Å². The number of allylic oxidation sites excluding steroid dienone is 1. The van der Waals surface area contributed by atoms with Crippen LogP contribution in [-0.2, 0) is 6.42 Å². The van der Waals surface area contributed by atoms with Crippen molar-refractivity contribution in [2.45, 2.75) is 26.3 Å². The van der Waals surface area contributed by atoms with Crippen molar-refractivity contribution in [3.63, 3.8) is 0 Å². The highest BCUT2D eigenvalue weighted by Crippen LogP contribution is 2.28. The van der Waals surface area contributed by atoms with E-state index in [1.165, 1.54) is 22.3 Å². The largest absolute Gasteiger partial charge is 0.280 e. The Hall–Kier alpha value is -2.15. The molecular weight excluding hydrogens is 254 g/mol. The van der Waals surface area contributed by atoms with Gasteiger partial charge >= 0.3 is 0 Å². The second-order valence-electron chi connectivity index (χ2n) is 6.05. The fourth-order valence-corrected chi connectivity index (χ4v) is 2.72. The third-order valence-corrected chi connectivity index (χ3v) is 3.78. The van der Waals surface area contributed by atoms with Crippen LogP contribution in [0.15, 0.2) is 65.7 Å². The van der Waals surface area contributed by atoms with E-state index in [-0.39, 0.29) is 6.04 Å². The summed E-state index contributed by atoms with van der Waals surface area (Å²) in [5.74, 6) is 0.700. The quantitative estimate of drug-likeness (QED) is 0.736. The van der Waals surface area contributed by atoms with Gasteiger partial charge in [-0.3, -0.25) is 4.99 Å². The van der Waals surface area contributed by atoms with Crippen molar-refractivity contribution in [2.75, 3.05) is 0 Å². The number of nitrogens with zero attached hydrogens (tertiary/aromatic N) is 1. The molecule has 0 N–H and O–H groups in total. The van der Waals surface area contributed by atoms with E-state index in [1.807, 2.05) is 12.3 Å². The first-order valence-electron chi connectivity index (χ1n) is 7.61. The predicted molar refractivity (Wildman–Crippen MR) is 90.6 cm³/mol. The topological polar surface area (TPSA) is 12.4 Å². The molecule has 0 aliphatic carbocycles. The van der Waals surface area contributed by atoms with Crippen LogP contribution in [0.25, 0.3) is 5.57 Å². The maximum Gasteiger partial charge on any atom is 0.0940 e. The molecule has 1 heterocycles. The van der Waals surface area contributed by atoms with Crippen molar-refractivity contribution in [1.82, 2.24) is 0 Å². The Morgan fingerprint density at radius 1 is 0.952 bits per heavy atom. The molecule has 21 heavy (non-hydrogen) atoms. The lowest BCUT2D eigenvalue weighted by Crippen LogP contribution is -1.94. The summed E-state index contributed by atoms with van der Waals surface area (Å²) in [5, 5.41) is 0. The second-order valence-corrected chi connectivity index (χ2v) is 6.05. The third-order valence-electron chi connectivity index (χ3n) is 3.78. The maximum absolute atomic E-state index is 4.62. The van der Waals surface area contributed by atoms with Crippen LogP contribution in [0.3, 0.4) is 0 Å². The van der Waals surface area contributed by atoms with Crippen LogP contribution in [0.5, 0.6) is 0 Å². The average molecular weight is 275 g/mol. The first kappa shape index (κ1) is 13.8. The van der Waals surface area contributed by atoms with Gasteiger partial charge in [0.1, 0.15) is 0 Å². The van der Waals surface area contributed by atoms with Gasteiger partial charge in [-0.15, -0.1) is 0 Å². The minimum atomic E-state index is 0.163. The highest BCUT2D eigenvalue weighted by molar-refractivity contribution is 6.11.